The first-order valence-corrected chi connectivity index (χ1v) is 8.65. The van der Waals surface area contributed by atoms with Crippen LogP contribution in [0.3, 0.4) is 0 Å². The third-order valence-electron chi connectivity index (χ3n) is 4.52. The van der Waals surface area contributed by atoms with Crippen LogP contribution in [0.2, 0.25) is 0 Å². The van der Waals surface area contributed by atoms with Crippen LogP contribution < -0.4 is 10.6 Å². The molecule has 0 aliphatic carbocycles. The highest BCUT2D eigenvalue weighted by atomic mass is 16.2. The van der Waals surface area contributed by atoms with Crippen LogP contribution in [0.15, 0.2) is 30.7 Å². The van der Waals surface area contributed by atoms with Crippen LogP contribution in [0.4, 0.5) is 4.79 Å². The van der Waals surface area contributed by atoms with Crippen molar-refractivity contribution in [1.29, 1.82) is 0 Å². The second-order valence-corrected chi connectivity index (χ2v) is 6.51. The van der Waals surface area contributed by atoms with Crippen LogP contribution in [0.25, 0.3) is 0 Å². The third-order valence-corrected chi connectivity index (χ3v) is 4.52. The number of amides is 2. The van der Waals surface area contributed by atoms with Gasteiger partial charge >= 0.3 is 6.03 Å². The molecule has 0 spiro atoms. The smallest absolute Gasteiger partial charge is 0.315 e. The summed E-state index contributed by atoms with van der Waals surface area (Å²) in [7, 11) is 1.86. The molecule has 0 bridgehead atoms. The van der Waals surface area contributed by atoms with E-state index in [1.165, 1.54) is 0 Å². The van der Waals surface area contributed by atoms with Gasteiger partial charge in [-0.05, 0) is 31.9 Å². The van der Waals surface area contributed by atoms with Crippen molar-refractivity contribution < 1.29 is 4.79 Å². The van der Waals surface area contributed by atoms with Gasteiger partial charge in [-0.1, -0.05) is 6.07 Å². The van der Waals surface area contributed by atoms with Gasteiger partial charge in [0, 0.05) is 38.9 Å². The zero-order chi connectivity index (χ0) is 17.6. The van der Waals surface area contributed by atoms with E-state index in [-0.39, 0.29) is 18.1 Å². The maximum Gasteiger partial charge on any atom is 0.315 e. The van der Waals surface area contributed by atoms with E-state index in [2.05, 4.69) is 30.7 Å². The summed E-state index contributed by atoms with van der Waals surface area (Å²) < 4.78 is 1.81. The van der Waals surface area contributed by atoms with Crippen molar-refractivity contribution in [3.63, 3.8) is 0 Å². The molecule has 3 heterocycles. The van der Waals surface area contributed by atoms with Crippen LogP contribution in [0.5, 0.6) is 0 Å². The highest BCUT2D eigenvalue weighted by Gasteiger charge is 2.22. The van der Waals surface area contributed by atoms with Gasteiger partial charge in [-0.15, -0.1) is 10.2 Å². The molecule has 1 aliphatic rings. The number of pyridine rings is 1. The largest absolute Gasteiger partial charge is 0.335 e. The predicted octanol–water partition coefficient (Wildman–Crippen LogP) is 1.23. The average Bonchev–Trinajstić information content (AvgIpc) is 3.04. The van der Waals surface area contributed by atoms with Crippen molar-refractivity contribution in [3.05, 3.63) is 42.2 Å². The molecule has 1 unspecified atom stereocenters. The normalized spacial score (nSPS) is 17.2. The molecule has 2 amide bonds. The predicted molar refractivity (Wildman–Crippen MR) is 93.6 cm³/mol. The molecule has 8 nitrogen and oxygen atoms in total. The summed E-state index contributed by atoms with van der Waals surface area (Å²) in [4.78, 5) is 18.9. The molecule has 0 radical (unpaired) electrons. The molecule has 1 aliphatic heterocycles. The van der Waals surface area contributed by atoms with Crippen molar-refractivity contribution in [1.82, 2.24) is 35.3 Å². The molecule has 3 rings (SSSR count). The van der Waals surface area contributed by atoms with Crippen LogP contribution in [-0.4, -0.2) is 49.8 Å². The monoisotopic (exact) mass is 343 g/mol. The van der Waals surface area contributed by atoms with E-state index in [0.29, 0.717) is 0 Å². The van der Waals surface area contributed by atoms with E-state index in [9.17, 15) is 4.79 Å². The first kappa shape index (κ1) is 17.3. The van der Waals surface area contributed by atoms with E-state index >= 15 is 0 Å². The van der Waals surface area contributed by atoms with Gasteiger partial charge in [0.1, 0.15) is 6.33 Å². The van der Waals surface area contributed by atoms with Crippen LogP contribution in [-0.2, 0) is 13.6 Å². The molecular weight excluding hydrogens is 318 g/mol. The lowest BCUT2D eigenvalue weighted by Gasteiger charge is -2.32. The van der Waals surface area contributed by atoms with Gasteiger partial charge in [0.25, 0.3) is 0 Å². The topological polar surface area (TPSA) is 88.0 Å². The molecule has 134 valence electrons. The fourth-order valence-electron chi connectivity index (χ4n) is 3.13. The van der Waals surface area contributed by atoms with Crippen molar-refractivity contribution >= 4 is 6.03 Å². The molecule has 2 N–H and O–H groups in total. The maximum atomic E-state index is 12.2. The fourth-order valence-corrected chi connectivity index (χ4v) is 3.13. The number of piperidine rings is 1. The summed E-state index contributed by atoms with van der Waals surface area (Å²) in [5.74, 6) is 0.736. The quantitative estimate of drug-likeness (QED) is 0.853. The first-order valence-electron chi connectivity index (χ1n) is 8.65. The lowest BCUT2D eigenvalue weighted by molar-refractivity contribution is 0.184. The number of aryl methyl sites for hydroxylation is 1. The number of carbonyl (C=O) groups excluding carboxylic acids is 1. The van der Waals surface area contributed by atoms with Crippen LogP contribution in [0.1, 0.15) is 37.3 Å². The number of nitrogens with zero attached hydrogens (tertiary/aromatic N) is 5. The van der Waals surface area contributed by atoms with Crippen molar-refractivity contribution in [2.45, 2.75) is 38.4 Å². The Kier molecular flexibility index (Phi) is 5.60. The van der Waals surface area contributed by atoms with E-state index < -0.39 is 0 Å². The Morgan fingerprint density at radius 3 is 2.80 bits per heavy atom. The van der Waals surface area contributed by atoms with Gasteiger partial charge < -0.3 is 15.2 Å². The van der Waals surface area contributed by atoms with Gasteiger partial charge in [-0.2, -0.15) is 0 Å². The highest BCUT2D eigenvalue weighted by Crippen LogP contribution is 2.13. The van der Waals surface area contributed by atoms with Gasteiger partial charge in [-0.3, -0.25) is 9.88 Å². The summed E-state index contributed by atoms with van der Waals surface area (Å²) in [5, 5.41) is 13.9. The molecule has 0 saturated carbocycles. The minimum atomic E-state index is -0.184. The molecular formula is C17H25N7O. The Morgan fingerprint density at radius 2 is 2.16 bits per heavy atom. The Balaban J connectivity index is 1.41. The number of hydrogen-bond acceptors (Lipinski definition) is 5. The van der Waals surface area contributed by atoms with Crippen molar-refractivity contribution in [2.75, 3.05) is 13.1 Å². The molecule has 2 aromatic rings. The summed E-state index contributed by atoms with van der Waals surface area (Å²) in [5.41, 5.74) is 1.09. The van der Waals surface area contributed by atoms with E-state index in [0.717, 1.165) is 44.0 Å². The Bertz CT molecular complexity index is 679. The average molecular weight is 343 g/mol. The number of aromatic nitrogens is 4. The minimum Gasteiger partial charge on any atom is -0.335 e. The molecule has 1 saturated heterocycles. The molecule has 1 atom stereocenters. The number of hydrogen-bond donors (Lipinski definition) is 2. The molecule has 2 aromatic heterocycles. The zero-order valence-electron chi connectivity index (χ0n) is 14.7. The summed E-state index contributed by atoms with van der Waals surface area (Å²) >= 11 is 0. The summed E-state index contributed by atoms with van der Waals surface area (Å²) in [6.45, 7) is 4.68. The SMILES string of the molecule is CC(NC(=O)NC1CCN(Cc2ccccn2)CC1)c1nncn1C. The lowest BCUT2D eigenvalue weighted by atomic mass is 10.1. The van der Waals surface area contributed by atoms with Gasteiger partial charge in [0.15, 0.2) is 5.82 Å². The van der Waals surface area contributed by atoms with Crippen molar-refractivity contribution in [3.8, 4) is 0 Å². The van der Waals surface area contributed by atoms with Crippen LogP contribution >= 0.6 is 0 Å². The summed E-state index contributed by atoms with van der Waals surface area (Å²) in [6, 6.07) is 5.85. The van der Waals surface area contributed by atoms with E-state index in [4.69, 9.17) is 0 Å². The molecule has 1 fully saturated rings. The number of carbonyl (C=O) groups is 1. The maximum absolute atomic E-state index is 12.2. The second-order valence-electron chi connectivity index (χ2n) is 6.51. The van der Waals surface area contributed by atoms with Gasteiger partial charge in [0.05, 0.1) is 11.7 Å². The van der Waals surface area contributed by atoms with E-state index in [1.54, 1.807) is 10.9 Å². The number of nitrogens with one attached hydrogen (secondary N) is 2. The molecule has 25 heavy (non-hydrogen) atoms. The fraction of sp³-hybridized carbons (Fsp3) is 0.529. The Hall–Kier alpha value is -2.48. The summed E-state index contributed by atoms with van der Waals surface area (Å²) in [6.07, 6.45) is 5.34. The third kappa shape index (κ3) is 4.76. The van der Waals surface area contributed by atoms with E-state index in [1.807, 2.05) is 38.4 Å². The standard InChI is InChI=1S/C17H25N7O/c1-13(16-22-19-12-23(16)2)20-17(25)21-14-6-9-24(10-7-14)11-15-5-3-4-8-18-15/h3-5,8,12-14H,6-7,9-11H2,1-2H3,(H2,20,21,25). The highest BCUT2D eigenvalue weighted by molar-refractivity contribution is 5.74. The van der Waals surface area contributed by atoms with Crippen LogP contribution in [0, 0.1) is 0 Å². The number of rotatable bonds is 5. The number of urea groups is 1. The number of likely N-dealkylation sites (tertiary alicyclic amines) is 1. The zero-order valence-corrected chi connectivity index (χ0v) is 14.7. The molecule has 0 aromatic carbocycles. The lowest BCUT2D eigenvalue weighted by Crippen LogP contribution is -2.48. The Labute approximate surface area is 147 Å². The van der Waals surface area contributed by atoms with Gasteiger partial charge in [-0.25, -0.2) is 4.79 Å². The van der Waals surface area contributed by atoms with Gasteiger partial charge in [0.2, 0.25) is 0 Å². The molecule has 8 heteroatoms. The Morgan fingerprint density at radius 1 is 1.36 bits per heavy atom. The first-order chi connectivity index (χ1) is 12.1. The minimum absolute atomic E-state index is 0.154. The van der Waals surface area contributed by atoms with Crippen molar-refractivity contribution in [2.24, 2.45) is 7.05 Å². The second kappa shape index (κ2) is 8.06.